The Morgan fingerprint density at radius 3 is 2.33 bits per heavy atom. The van der Waals surface area contributed by atoms with Crippen LogP contribution in [0.4, 0.5) is 0 Å². The van der Waals surface area contributed by atoms with Gasteiger partial charge in [0.15, 0.2) is 0 Å². The molecule has 0 heterocycles. The number of aryl methyl sites for hydroxylation is 2. The minimum atomic E-state index is -0.144. The van der Waals surface area contributed by atoms with Crippen LogP contribution in [0, 0.1) is 19.3 Å². The lowest BCUT2D eigenvalue weighted by Gasteiger charge is -2.28. The van der Waals surface area contributed by atoms with E-state index in [4.69, 9.17) is 4.74 Å². The van der Waals surface area contributed by atoms with E-state index in [1.54, 1.807) is 0 Å². The first kappa shape index (κ1) is 15.9. The van der Waals surface area contributed by atoms with E-state index < -0.39 is 0 Å². The van der Waals surface area contributed by atoms with E-state index in [0.717, 1.165) is 18.6 Å². The van der Waals surface area contributed by atoms with Crippen LogP contribution in [-0.4, -0.2) is 31.0 Å². The smallest absolute Gasteiger partial charge is 0.228 e. The van der Waals surface area contributed by atoms with Crippen LogP contribution in [0.1, 0.15) is 43.7 Å². The van der Waals surface area contributed by atoms with Crippen molar-refractivity contribution in [1.29, 1.82) is 0 Å². The van der Waals surface area contributed by atoms with Crippen LogP contribution in [0.5, 0.6) is 5.75 Å². The largest absolute Gasteiger partial charge is 0.492 e. The summed E-state index contributed by atoms with van der Waals surface area (Å²) in [6.45, 7) is 7.42. The van der Waals surface area contributed by atoms with Crippen molar-refractivity contribution >= 4 is 5.91 Å². The third kappa shape index (κ3) is 3.99. The molecule has 116 valence electrons. The molecule has 0 aromatic heterocycles. The van der Waals surface area contributed by atoms with Gasteiger partial charge in [-0.2, -0.15) is 0 Å². The van der Waals surface area contributed by atoms with Gasteiger partial charge in [0.1, 0.15) is 12.4 Å². The van der Waals surface area contributed by atoms with Gasteiger partial charge in [-0.1, -0.05) is 25.8 Å². The summed E-state index contributed by atoms with van der Waals surface area (Å²) in [5.74, 6) is 1.16. The molecule has 1 fully saturated rings. The van der Waals surface area contributed by atoms with Gasteiger partial charge in [-0.05, 0) is 49.9 Å². The fourth-order valence-electron chi connectivity index (χ4n) is 3.25. The summed E-state index contributed by atoms with van der Waals surface area (Å²) in [5.41, 5.74) is 2.26. The second kappa shape index (κ2) is 6.50. The molecule has 1 aromatic carbocycles. The maximum atomic E-state index is 12.5. The van der Waals surface area contributed by atoms with Crippen LogP contribution in [0.3, 0.4) is 0 Å². The van der Waals surface area contributed by atoms with Gasteiger partial charge in [0.05, 0.1) is 6.54 Å². The highest BCUT2D eigenvalue weighted by Crippen LogP contribution is 2.38. The highest BCUT2D eigenvalue weighted by molar-refractivity contribution is 5.82. The number of carbonyl (C=O) groups excluding carboxylic acids is 1. The zero-order valence-electron chi connectivity index (χ0n) is 13.7. The Labute approximate surface area is 128 Å². The predicted octanol–water partition coefficient (Wildman–Crippen LogP) is 3.72. The minimum absolute atomic E-state index is 0.144. The van der Waals surface area contributed by atoms with Gasteiger partial charge < -0.3 is 9.64 Å². The van der Waals surface area contributed by atoms with Crippen LogP contribution in [0.2, 0.25) is 0 Å². The van der Waals surface area contributed by atoms with Crippen LogP contribution in [-0.2, 0) is 4.79 Å². The summed E-state index contributed by atoms with van der Waals surface area (Å²) >= 11 is 0. The van der Waals surface area contributed by atoms with Crippen molar-refractivity contribution in [3.8, 4) is 5.75 Å². The molecular weight excluding hydrogens is 262 g/mol. The van der Waals surface area contributed by atoms with Gasteiger partial charge in [-0.3, -0.25) is 4.79 Å². The molecule has 0 saturated heterocycles. The standard InChI is InChI=1S/C18H27NO2/c1-14-11-15(2)13-16(12-14)21-10-9-19(4)17(20)18(3)7-5-6-8-18/h11-13H,5-10H2,1-4H3. The molecule has 21 heavy (non-hydrogen) atoms. The summed E-state index contributed by atoms with van der Waals surface area (Å²) < 4.78 is 5.79. The molecule has 0 atom stereocenters. The van der Waals surface area contributed by atoms with Crippen molar-refractivity contribution in [2.45, 2.75) is 46.5 Å². The van der Waals surface area contributed by atoms with Crippen molar-refractivity contribution in [1.82, 2.24) is 4.90 Å². The summed E-state index contributed by atoms with van der Waals surface area (Å²) in [7, 11) is 1.89. The van der Waals surface area contributed by atoms with Crippen LogP contribution < -0.4 is 4.74 Å². The van der Waals surface area contributed by atoms with Crippen LogP contribution in [0.15, 0.2) is 18.2 Å². The first-order valence-electron chi connectivity index (χ1n) is 7.87. The maximum Gasteiger partial charge on any atom is 0.228 e. The van der Waals surface area contributed by atoms with Gasteiger partial charge in [-0.25, -0.2) is 0 Å². The third-order valence-electron chi connectivity index (χ3n) is 4.46. The normalized spacial score (nSPS) is 16.8. The summed E-state index contributed by atoms with van der Waals surface area (Å²) in [5, 5.41) is 0. The van der Waals surface area contributed by atoms with Gasteiger partial charge in [0.25, 0.3) is 0 Å². The number of nitrogens with zero attached hydrogens (tertiary/aromatic N) is 1. The quantitative estimate of drug-likeness (QED) is 0.827. The lowest BCUT2D eigenvalue weighted by molar-refractivity contribution is -0.139. The molecule has 3 heteroatoms. The molecule has 1 aliphatic rings. The Morgan fingerprint density at radius 1 is 1.19 bits per heavy atom. The summed E-state index contributed by atoms with van der Waals surface area (Å²) in [6.07, 6.45) is 4.40. The van der Waals surface area contributed by atoms with Crippen LogP contribution >= 0.6 is 0 Å². The highest BCUT2D eigenvalue weighted by atomic mass is 16.5. The zero-order valence-corrected chi connectivity index (χ0v) is 13.7. The first-order chi connectivity index (χ1) is 9.90. The van der Waals surface area contributed by atoms with E-state index in [9.17, 15) is 4.79 Å². The number of benzene rings is 1. The van der Waals surface area contributed by atoms with Gasteiger partial charge >= 0.3 is 0 Å². The number of hydrogen-bond donors (Lipinski definition) is 0. The molecule has 1 saturated carbocycles. The lowest BCUT2D eigenvalue weighted by Crippen LogP contribution is -2.40. The molecule has 0 radical (unpaired) electrons. The number of ether oxygens (including phenoxy) is 1. The van der Waals surface area contributed by atoms with Crippen LogP contribution in [0.25, 0.3) is 0 Å². The second-order valence-electron chi connectivity index (χ2n) is 6.67. The number of carbonyl (C=O) groups is 1. The predicted molar refractivity (Wildman–Crippen MR) is 85.6 cm³/mol. The maximum absolute atomic E-state index is 12.5. The molecule has 0 bridgehead atoms. The second-order valence-corrected chi connectivity index (χ2v) is 6.67. The van der Waals surface area contributed by atoms with Crippen molar-refractivity contribution in [2.75, 3.05) is 20.2 Å². The van der Waals surface area contributed by atoms with Gasteiger partial charge in [-0.15, -0.1) is 0 Å². The zero-order chi connectivity index (χ0) is 15.5. The van der Waals surface area contributed by atoms with Gasteiger partial charge in [0, 0.05) is 12.5 Å². The Morgan fingerprint density at radius 2 is 1.76 bits per heavy atom. The molecule has 0 N–H and O–H groups in total. The van der Waals surface area contributed by atoms with E-state index in [2.05, 4.69) is 26.8 Å². The van der Waals surface area contributed by atoms with E-state index in [1.807, 2.05) is 24.1 Å². The van der Waals surface area contributed by atoms with Crippen molar-refractivity contribution < 1.29 is 9.53 Å². The number of likely N-dealkylation sites (N-methyl/N-ethyl adjacent to an activating group) is 1. The fraction of sp³-hybridized carbons (Fsp3) is 0.611. The molecule has 3 nitrogen and oxygen atoms in total. The average Bonchev–Trinajstić information content (AvgIpc) is 2.85. The molecule has 0 aliphatic heterocycles. The number of rotatable bonds is 5. The molecule has 0 unspecified atom stereocenters. The van der Waals surface area contributed by atoms with E-state index in [-0.39, 0.29) is 11.3 Å². The number of amides is 1. The van der Waals surface area contributed by atoms with Crippen molar-refractivity contribution in [3.63, 3.8) is 0 Å². The van der Waals surface area contributed by atoms with Crippen molar-refractivity contribution in [2.24, 2.45) is 5.41 Å². The molecule has 1 amide bonds. The van der Waals surface area contributed by atoms with E-state index in [0.29, 0.717) is 13.2 Å². The molecule has 1 aliphatic carbocycles. The lowest BCUT2D eigenvalue weighted by atomic mass is 9.87. The molecule has 1 aromatic rings. The Bertz CT molecular complexity index is 484. The topological polar surface area (TPSA) is 29.5 Å². The molecule has 2 rings (SSSR count). The fourth-order valence-corrected chi connectivity index (χ4v) is 3.25. The van der Waals surface area contributed by atoms with E-state index >= 15 is 0 Å². The molecule has 0 spiro atoms. The summed E-state index contributed by atoms with van der Waals surface area (Å²) in [6, 6.07) is 6.20. The monoisotopic (exact) mass is 289 g/mol. The average molecular weight is 289 g/mol. The first-order valence-corrected chi connectivity index (χ1v) is 7.87. The minimum Gasteiger partial charge on any atom is -0.492 e. The Hall–Kier alpha value is -1.51. The van der Waals surface area contributed by atoms with E-state index in [1.165, 1.54) is 24.0 Å². The Balaban J connectivity index is 1.83. The molecular formula is C18H27NO2. The SMILES string of the molecule is Cc1cc(C)cc(OCCN(C)C(=O)C2(C)CCCC2)c1. The summed E-state index contributed by atoms with van der Waals surface area (Å²) in [4.78, 5) is 14.3. The number of hydrogen-bond acceptors (Lipinski definition) is 2. The van der Waals surface area contributed by atoms with Crippen molar-refractivity contribution in [3.05, 3.63) is 29.3 Å². The van der Waals surface area contributed by atoms with Gasteiger partial charge in [0.2, 0.25) is 5.91 Å². The third-order valence-corrected chi connectivity index (χ3v) is 4.46. The highest BCUT2D eigenvalue weighted by Gasteiger charge is 2.37. The Kier molecular flexibility index (Phi) is 4.92.